The lowest BCUT2D eigenvalue weighted by molar-refractivity contribution is 0.104. The van der Waals surface area contributed by atoms with E-state index < -0.39 is 0 Å². The number of carbonyl (C=O) groups is 1. The number of anilines is 3. The lowest BCUT2D eigenvalue weighted by atomic mass is 10.1. The smallest absolute Gasteiger partial charge is 0.204 e. The Morgan fingerprint density at radius 2 is 2.00 bits per heavy atom. The Bertz CT molecular complexity index is 921. The normalized spacial score (nSPS) is 10.6. The van der Waals surface area contributed by atoms with E-state index in [0.29, 0.717) is 20.6 Å². The second-order valence-corrected chi connectivity index (χ2v) is 7.35. The summed E-state index contributed by atoms with van der Waals surface area (Å²) in [5.41, 5.74) is 3.79. The molecule has 0 unspecified atom stereocenters. The summed E-state index contributed by atoms with van der Waals surface area (Å²) in [5.74, 6) is -0.0762. The number of hydrogen-bond donors (Lipinski definition) is 1. The third-order valence-electron chi connectivity index (χ3n) is 3.78. The van der Waals surface area contributed by atoms with Crippen LogP contribution in [0.25, 0.3) is 0 Å². The molecule has 6 heteroatoms. The Labute approximate surface area is 156 Å². The second kappa shape index (κ2) is 7.25. The fourth-order valence-electron chi connectivity index (χ4n) is 2.39. The molecule has 2 aromatic carbocycles. The molecule has 0 aliphatic heterocycles. The van der Waals surface area contributed by atoms with Gasteiger partial charge in [0.1, 0.15) is 0 Å². The Balaban J connectivity index is 1.79. The second-order valence-electron chi connectivity index (χ2n) is 5.89. The third kappa shape index (κ3) is 4.00. The summed E-state index contributed by atoms with van der Waals surface area (Å²) >= 11 is 7.29. The molecule has 3 rings (SSSR count). The van der Waals surface area contributed by atoms with Gasteiger partial charge in [-0.25, -0.2) is 4.98 Å². The fourth-order valence-corrected chi connectivity index (χ4v) is 3.37. The van der Waals surface area contributed by atoms with Crippen LogP contribution in [0.15, 0.2) is 48.7 Å². The van der Waals surface area contributed by atoms with E-state index in [9.17, 15) is 4.79 Å². The van der Waals surface area contributed by atoms with Crippen LogP contribution in [-0.2, 0) is 0 Å². The molecule has 0 aliphatic rings. The van der Waals surface area contributed by atoms with Gasteiger partial charge in [0, 0.05) is 36.1 Å². The van der Waals surface area contributed by atoms with Gasteiger partial charge in [0.05, 0.1) is 11.1 Å². The van der Waals surface area contributed by atoms with Crippen LogP contribution < -0.4 is 10.2 Å². The average Bonchev–Trinajstić information content (AvgIpc) is 3.04. The summed E-state index contributed by atoms with van der Waals surface area (Å²) in [6, 6.07) is 13.1. The number of halogens is 1. The van der Waals surface area contributed by atoms with Crippen LogP contribution in [0.3, 0.4) is 0 Å². The van der Waals surface area contributed by atoms with Crippen molar-refractivity contribution in [2.24, 2.45) is 0 Å². The van der Waals surface area contributed by atoms with Gasteiger partial charge < -0.3 is 10.2 Å². The first-order valence-electron chi connectivity index (χ1n) is 7.75. The highest BCUT2D eigenvalue weighted by molar-refractivity contribution is 7.17. The average molecular weight is 372 g/mol. The van der Waals surface area contributed by atoms with E-state index in [1.807, 2.05) is 33.2 Å². The van der Waals surface area contributed by atoms with E-state index in [-0.39, 0.29) is 5.78 Å². The van der Waals surface area contributed by atoms with Crippen LogP contribution >= 0.6 is 22.9 Å². The van der Waals surface area contributed by atoms with Crippen molar-refractivity contribution in [2.45, 2.75) is 6.92 Å². The lowest BCUT2D eigenvalue weighted by Crippen LogP contribution is -2.08. The number of carbonyl (C=O) groups excluding carboxylic acids is 1. The van der Waals surface area contributed by atoms with Crippen molar-refractivity contribution in [3.8, 4) is 0 Å². The zero-order valence-electron chi connectivity index (χ0n) is 14.2. The van der Waals surface area contributed by atoms with Crippen molar-refractivity contribution in [3.05, 3.63) is 69.7 Å². The predicted octanol–water partition coefficient (Wildman–Crippen LogP) is 5.15. The Hall–Kier alpha value is -2.37. The zero-order valence-corrected chi connectivity index (χ0v) is 15.8. The number of nitrogens with one attached hydrogen (secondary N) is 1. The number of benzene rings is 2. The first-order valence-corrected chi connectivity index (χ1v) is 8.94. The molecule has 1 heterocycles. The molecule has 128 valence electrons. The highest BCUT2D eigenvalue weighted by Crippen LogP contribution is 2.28. The van der Waals surface area contributed by atoms with Gasteiger partial charge in [-0.1, -0.05) is 35.1 Å². The molecule has 25 heavy (non-hydrogen) atoms. The van der Waals surface area contributed by atoms with Crippen molar-refractivity contribution < 1.29 is 4.79 Å². The predicted molar refractivity (Wildman–Crippen MR) is 106 cm³/mol. The van der Waals surface area contributed by atoms with Crippen LogP contribution in [0.2, 0.25) is 5.02 Å². The first-order chi connectivity index (χ1) is 11.9. The largest absolute Gasteiger partial charge is 0.378 e. The monoisotopic (exact) mass is 371 g/mol. The molecule has 0 saturated carbocycles. The third-order valence-corrected chi connectivity index (χ3v) is 4.93. The highest BCUT2D eigenvalue weighted by atomic mass is 35.5. The van der Waals surface area contributed by atoms with Gasteiger partial charge in [-0.15, -0.1) is 0 Å². The van der Waals surface area contributed by atoms with E-state index >= 15 is 0 Å². The Kier molecular flexibility index (Phi) is 5.06. The molecular weight excluding hydrogens is 354 g/mol. The molecule has 0 fully saturated rings. The molecule has 1 aromatic heterocycles. The number of rotatable bonds is 5. The maximum atomic E-state index is 12.5. The first kappa shape index (κ1) is 17.5. The Morgan fingerprint density at radius 1 is 1.20 bits per heavy atom. The molecule has 0 radical (unpaired) electrons. The van der Waals surface area contributed by atoms with Crippen molar-refractivity contribution in [1.29, 1.82) is 0 Å². The Morgan fingerprint density at radius 3 is 2.68 bits per heavy atom. The summed E-state index contributed by atoms with van der Waals surface area (Å²) in [6.07, 6.45) is 1.60. The number of nitrogens with zero attached hydrogens (tertiary/aromatic N) is 2. The van der Waals surface area contributed by atoms with Crippen LogP contribution in [0, 0.1) is 6.92 Å². The summed E-state index contributed by atoms with van der Waals surface area (Å²) in [7, 11) is 4.02. The molecular formula is C19H18ClN3OS. The summed E-state index contributed by atoms with van der Waals surface area (Å²) in [4.78, 5) is 19.5. The van der Waals surface area contributed by atoms with Crippen LogP contribution in [0.4, 0.5) is 16.5 Å². The maximum absolute atomic E-state index is 12.5. The number of thiazole rings is 1. The van der Waals surface area contributed by atoms with Gasteiger partial charge in [0.25, 0.3) is 0 Å². The minimum atomic E-state index is -0.0762. The molecule has 1 N–H and O–H groups in total. The zero-order chi connectivity index (χ0) is 18.0. The van der Waals surface area contributed by atoms with Gasteiger partial charge in [-0.3, -0.25) is 4.79 Å². The van der Waals surface area contributed by atoms with E-state index in [4.69, 9.17) is 11.6 Å². The molecule has 0 atom stereocenters. The van der Waals surface area contributed by atoms with Crippen LogP contribution in [0.1, 0.15) is 20.8 Å². The fraction of sp³-hybridized carbons (Fsp3) is 0.158. The van der Waals surface area contributed by atoms with Crippen molar-refractivity contribution >= 4 is 45.2 Å². The minimum Gasteiger partial charge on any atom is -0.378 e. The van der Waals surface area contributed by atoms with Gasteiger partial charge >= 0.3 is 0 Å². The number of hydrogen-bond acceptors (Lipinski definition) is 5. The van der Waals surface area contributed by atoms with Crippen molar-refractivity contribution in [1.82, 2.24) is 4.98 Å². The van der Waals surface area contributed by atoms with Gasteiger partial charge in [0.2, 0.25) is 5.78 Å². The SMILES string of the molecule is Cc1cc(N(C)C)ccc1Nc1ncc(C(=O)c2cccc(Cl)c2)s1. The quantitative estimate of drug-likeness (QED) is 0.630. The molecule has 0 spiro atoms. The van der Waals surface area contributed by atoms with Crippen LogP contribution in [0.5, 0.6) is 0 Å². The lowest BCUT2D eigenvalue weighted by Gasteiger charge is -2.15. The number of ketones is 1. The topological polar surface area (TPSA) is 45.2 Å². The maximum Gasteiger partial charge on any atom is 0.204 e. The van der Waals surface area contributed by atoms with E-state index in [1.165, 1.54) is 11.3 Å². The molecule has 0 aliphatic carbocycles. The summed E-state index contributed by atoms with van der Waals surface area (Å²) in [5, 5.41) is 4.52. The molecule has 0 saturated heterocycles. The van der Waals surface area contributed by atoms with E-state index in [0.717, 1.165) is 16.9 Å². The van der Waals surface area contributed by atoms with Crippen molar-refractivity contribution in [3.63, 3.8) is 0 Å². The standard InChI is InChI=1S/C19H18ClN3OS/c1-12-9-15(23(2)3)7-8-16(12)22-19-21-11-17(25-19)18(24)13-5-4-6-14(20)10-13/h4-11H,1-3H3,(H,21,22). The molecule has 0 bridgehead atoms. The minimum absolute atomic E-state index is 0.0762. The van der Waals surface area contributed by atoms with Crippen molar-refractivity contribution in [2.75, 3.05) is 24.3 Å². The number of aromatic nitrogens is 1. The van der Waals surface area contributed by atoms with E-state index in [2.05, 4.69) is 21.3 Å². The van der Waals surface area contributed by atoms with Gasteiger partial charge in [-0.2, -0.15) is 0 Å². The molecule has 4 nitrogen and oxygen atoms in total. The van der Waals surface area contributed by atoms with Gasteiger partial charge in [0.15, 0.2) is 5.13 Å². The molecule has 3 aromatic rings. The summed E-state index contributed by atoms with van der Waals surface area (Å²) in [6.45, 7) is 2.04. The molecule has 0 amide bonds. The van der Waals surface area contributed by atoms with Gasteiger partial charge in [-0.05, 0) is 42.8 Å². The van der Waals surface area contributed by atoms with E-state index in [1.54, 1.807) is 30.5 Å². The summed E-state index contributed by atoms with van der Waals surface area (Å²) < 4.78 is 0. The van der Waals surface area contributed by atoms with Crippen LogP contribution in [-0.4, -0.2) is 24.9 Å². The number of aryl methyl sites for hydroxylation is 1. The highest BCUT2D eigenvalue weighted by Gasteiger charge is 2.14.